The zero-order valence-electron chi connectivity index (χ0n) is 46.4. The molecule has 2 aromatic heterocycles. The lowest BCUT2D eigenvalue weighted by molar-refractivity contribution is -0.260. The van der Waals surface area contributed by atoms with E-state index in [2.05, 4.69) is 47.2 Å². The van der Waals surface area contributed by atoms with E-state index in [0.29, 0.717) is 35.5 Å². The van der Waals surface area contributed by atoms with E-state index in [1.807, 2.05) is 85.8 Å². The van der Waals surface area contributed by atoms with Gasteiger partial charge in [0.1, 0.15) is 54.7 Å². The molecule has 2 fully saturated rings. The van der Waals surface area contributed by atoms with Gasteiger partial charge in [-0.15, -0.1) is 0 Å². The van der Waals surface area contributed by atoms with Gasteiger partial charge >= 0.3 is 21.1 Å². The molecule has 1 unspecified atom stereocenters. The fraction of sp³-hybridized carbons (Fsp3) is 0.536. The summed E-state index contributed by atoms with van der Waals surface area (Å²) < 4.78 is 62.5. The lowest BCUT2D eigenvalue weighted by Crippen LogP contribution is -2.39. The summed E-state index contributed by atoms with van der Waals surface area (Å²) in [5.74, 6) is 1.31. The maximum absolute atomic E-state index is 13.5. The van der Waals surface area contributed by atoms with Crippen LogP contribution in [0.2, 0.25) is 0 Å². The van der Waals surface area contributed by atoms with Gasteiger partial charge in [-0.25, -0.2) is 14.5 Å². The maximum atomic E-state index is 13.5. The Morgan fingerprint density at radius 3 is 1.57 bits per heavy atom. The normalized spacial score (nSPS) is 19.8. The number of unbranched alkanes of at least 4 members (excludes halogenated alkanes) is 4. The topological polar surface area (TPSA) is 233 Å². The molecule has 2 saturated heterocycles. The van der Waals surface area contributed by atoms with Crippen LogP contribution in [0.3, 0.4) is 0 Å². The number of ether oxygens (including phenoxy) is 7. The fourth-order valence-electron chi connectivity index (χ4n) is 9.64. The number of aromatic nitrogens is 4. The minimum absolute atomic E-state index is 0. The van der Waals surface area contributed by atoms with Gasteiger partial charge in [0, 0.05) is 36.4 Å². The molecule has 7 rings (SSSR count). The Labute approximate surface area is 451 Å². The summed E-state index contributed by atoms with van der Waals surface area (Å²) in [5, 5.41) is 0. The Hall–Kier alpha value is -5.51. The highest BCUT2D eigenvalue weighted by Gasteiger charge is 2.44. The maximum Gasteiger partial charge on any atom is 1.00 e. The number of benzene rings is 3. The predicted octanol–water partition coefficient (Wildman–Crippen LogP) is 7.67. The molecule has 2 aliphatic heterocycles. The first-order valence-electron chi connectivity index (χ1n) is 26.8. The number of hydrogen-bond donors (Lipinski definition) is 3. The van der Waals surface area contributed by atoms with E-state index in [1.165, 1.54) is 35.0 Å². The Morgan fingerprint density at radius 1 is 0.662 bits per heavy atom. The van der Waals surface area contributed by atoms with E-state index in [9.17, 15) is 28.6 Å². The van der Waals surface area contributed by atoms with Crippen molar-refractivity contribution in [1.82, 2.24) is 24.0 Å². The molecular formula is C56H79N5O15P+. The van der Waals surface area contributed by atoms with Gasteiger partial charge in [-0.2, -0.15) is 4.67 Å². The van der Waals surface area contributed by atoms with Gasteiger partial charge in [-0.05, 0) is 86.3 Å². The fourth-order valence-corrected chi connectivity index (χ4v) is 9.85. The molecule has 0 radical (unpaired) electrons. The lowest BCUT2D eigenvalue weighted by Gasteiger charge is -2.37. The Bertz CT molecular complexity index is 2770. The molecule has 0 spiro atoms. The van der Waals surface area contributed by atoms with E-state index in [4.69, 9.17) is 38.0 Å². The SMILES string of the molecule is CCCCCc1cn([C@H]2C[C@H](OCOC[C@H]3O[C@@H](n4cc(CCCCC)c(=O)[nH]c4=O)C[C@@H]3OO[PH](=O)O)[C@@H](COC(c3ccccc3)(c3ccc(OC)cc3)c3ccc(OC)cc3)O2)c(=O)[nH]c1=O.CCN(CC)CC.[H+]. The van der Waals surface area contributed by atoms with E-state index in [1.54, 1.807) is 20.4 Å². The quantitative estimate of drug-likeness (QED) is 0.0104. The monoisotopic (exact) mass is 1090 g/mol. The summed E-state index contributed by atoms with van der Waals surface area (Å²) in [7, 11) is -0.313. The van der Waals surface area contributed by atoms with Crippen molar-refractivity contribution in [3.05, 3.63) is 161 Å². The van der Waals surface area contributed by atoms with Crippen LogP contribution in [0.1, 0.15) is 128 Å². The van der Waals surface area contributed by atoms with Crippen molar-refractivity contribution in [2.24, 2.45) is 0 Å². The number of rotatable bonds is 29. The average Bonchev–Trinajstić information content (AvgIpc) is 4.14. The van der Waals surface area contributed by atoms with Gasteiger partial charge in [0.2, 0.25) is 0 Å². The van der Waals surface area contributed by atoms with Crippen molar-refractivity contribution in [3.8, 4) is 11.5 Å². The van der Waals surface area contributed by atoms with Crippen LogP contribution in [0.15, 0.2) is 110 Å². The number of H-pyrrole nitrogens is 2. The minimum Gasteiger partial charge on any atom is -0.497 e. The van der Waals surface area contributed by atoms with Crippen molar-refractivity contribution < 1.29 is 53.6 Å². The van der Waals surface area contributed by atoms with Crippen LogP contribution in [-0.4, -0.2) is 107 Å². The molecule has 0 aliphatic carbocycles. The van der Waals surface area contributed by atoms with Crippen molar-refractivity contribution in [1.29, 1.82) is 0 Å². The molecule has 2 aliphatic rings. The molecule has 0 bridgehead atoms. The number of nitrogens with zero attached hydrogens (tertiary/aromatic N) is 3. The molecule has 3 N–H and O–H groups in total. The lowest BCUT2D eigenvalue weighted by atomic mass is 9.80. The highest BCUT2D eigenvalue weighted by atomic mass is 31.1. The molecule has 0 amide bonds. The smallest absolute Gasteiger partial charge is 0.497 e. The molecule has 7 atom stereocenters. The van der Waals surface area contributed by atoms with E-state index < -0.39 is 73.2 Å². The molecule has 20 nitrogen and oxygen atoms in total. The molecule has 77 heavy (non-hydrogen) atoms. The summed E-state index contributed by atoms with van der Waals surface area (Å²) in [6.45, 7) is 13.7. The van der Waals surface area contributed by atoms with Gasteiger partial charge < -0.3 is 43.0 Å². The number of aromatic amines is 2. The molecule has 3 aromatic carbocycles. The van der Waals surface area contributed by atoms with Crippen LogP contribution in [0.5, 0.6) is 11.5 Å². The predicted molar refractivity (Wildman–Crippen MR) is 292 cm³/mol. The van der Waals surface area contributed by atoms with Crippen molar-refractivity contribution >= 4 is 8.25 Å². The van der Waals surface area contributed by atoms with Crippen LogP contribution in [0, 0.1) is 0 Å². The molecule has 0 saturated carbocycles. The van der Waals surface area contributed by atoms with Crippen LogP contribution in [0.25, 0.3) is 0 Å². The van der Waals surface area contributed by atoms with Gasteiger partial charge in [-0.1, -0.05) is 115 Å². The third kappa shape index (κ3) is 16.3. The zero-order chi connectivity index (χ0) is 55.3. The minimum atomic E-state index is -3.51. The van der Waals surface area contributed by atoms with Crippen LogP contribution >= 0.6 is 8.25 Å². The summed E-state index contributed by atoms with van der Waals surface area (Å²) in [6.07, 6.45) is 4.13. The highest BCUT2D eigenvalue weighted by Crippen LogP contribution is 2.43. The number of nitrogens with one attached hydrogen (secondary N) is 2. The highest BCUT2D eigenvalue weighted by molar-refractivity contribution is 7.31. The van der Waals surface area contributed by atoms with Gasteiger partial charge in [0.25, 0.3) is 11.1 Å². The Morgan fingerprint density at radius 2 is 1.13 bits per heavy atom. The number of aryl methyl sites for hydroxylation is 2. The number of methoxy groups -OCH3 is 2. The first-order valence-corrected chi connectivity index (χ1v) is 28.0. The van der Waals surface area contributed by atoms with E-state index in [-0.39, 0.29) is 34.3 Å². The summed E-state index contributed by atoms with van der Waals surface area (Å²) in [5.41, 5.74) is -0.218. The van der Waals surface area contributed by atoms with Gasteiger partial charge in [0.05, 0.1) is 33.5 Å². The Balaban J connectivity index is 0.00000131. The first kappa shape index (κ1) is 60.7. The molecule has 5 aromatic rings. The molecule has 21 heteroatoms. The summed E-state index contributed by atoms with van der Waals surface area (Å²) in [4.78, 5) is 74.0. The van der Waals surface area contributed by atoms with Crippen molar-refractivity contribution in [2.45, 2.75) is 141 Å². The number of hydrogen-bond acceptors (Lipinski definition) is 15. The standard InChI is InChI=1S/C50H63N4O15P.C6H15N/c1-5-7-10-14-33-28-53(48(57)51-46(33)55)44-26-40(64-32-63-30-42-41(68-69-70(59)60)27-45(66-42)54-29-34(15-11-8-6-2)47(56)52-49(54)58)43(67-44)31-65-50(35-16-12-9-13-17-35,36-18-22-38(61-3)23-19-36)37-20-24-39(62-4)25-21-37;1-4-7(5-2)6-3/h9,12-13,16-25,28-29,40-45,70H,5-8,10-11,14-15,26-27,30-32H2,1-4H3,(H,59,60)(H,51,55,57)(H,52,56,58);4-6H2,1-3H3/p+1/t40-,41-,42+,43+,44+,45+;/m0./s1. The van der Waals surface area contributed by atoms with E-state index >= 15 is 0 Å². The largest absolute Gasteiger partial charge is 1.00 e. The molecular weight excluding hydrogens is 1010 g/mol. The van der Waals surface area contributed by atoms with Gasteiger partial charge in [-0.3, -0.25) is 33.3 Å². The van der Waals surface area contributed by atoms with Crippen LogP contribution in [-0.2, 0) is 56.3 Å². The second-order valence-electron chi connectivity index (χ2n) is 18.9. The van der Waals surface area contributed by atoms with Gasteiger partial charge in [0.15, 0.2) is 0 Å². The Kier molecular flexibility index (Phi) is 24.1. The second-order valence-corrected chi connectivity index (χ2v) is 19.6. The first-order chi connectivity index (χ1) is 37.3. The second kappa shape index (κ2) is 30.6. The summed E-state index contributed by atoms with van der Waals surface area (Å²) in [6, 6.07) is 24.9. The zero-order valence-corrected chi connectivity index (χ0v) is 46.4. The van der Waals surface area contributed by atoms with Crippen molar-refractivity contribution in [3.63, 3.8) is 0 Å². The third-order valence-electron chi connectivity index (χ3n) is 14.0. The van der Waals surface area contributed by atoms with Crippen LogP contribution in [0.4, 0.5) is 0 Å². The van der Waals surface area contributed by atoms with Crippen LogP contribution < -0.4 is 32.0 Å². The van der Waals surface area contributed by atoms with Crippen molar-refractivity contribution in [2.75, 3.05) is 53.9 Å². The molecule has 422 valence electrons. The molecule has 4 heterocycles. The summed E-state index contributed by atoms with van der Waals surface area (Å²) >= 11 is 0. The van der Waals surface area contributed by atoms with E-state index in [0.717, 1.165) is 55.2 Å². The third-order valence-corrected chi connectivity index (χ3v) is 14.3. The average molecular weight is 1090 g/mol.